The number of rotatable bonds is 0. The summed E-state index contributed by atoms with van der Waals surface area (Å²) in [7, 11) is 0. The average molecular weight is 367 g/mol. The zero-order chi connectivity index (χ0) is 13.1. The van der Waals surface area contributed by atoms with Crippen LogP contribution in [0.3, 0.4) is 0 Å². The number of halogens is 1. The molecule has 1 heterocycles. The van der Waals surface area contributed by atoms with Gasteiger partial charge in [-0.2, -0.15) is 0 Å². The highest BCUT2D eigenvalue weighted by Gasteiger charge is 2.39. The first-order chi connectivity index (χ1) is 9.38. The van der Waals surface area contributed by atoms with Crippen LogP contribution in [0.15, 0.2) is 47.7 Å². The fourth-order valence-corrected chi connectivity index (χ4v) is 4.68. The van der Waals surface area contributed by atoms with Crippen molar-refractivity contribution in [2.45, 2.75) is 51.0 Å². The molecule has 1 saturated heterocycles. The summed E-state index contributed by atoms with van der Waals surface area (Å²) in [6, 6.07) is 0.719. The minimum absolute atomic E-state index is 0.719. The summed E-state index contributed by atoms with van der Waals surface area (Å²) in [6.45, 7) is 0. The first kappa shape index (κ1) is 13.5. The van der Waals surface area contributed by atoms with E-state index >= 15 is 0 Å². The highest BCUT2D eigenvalue weighted by atomic mass is 127. The second-order valence-corrected chi connectivity index (χ2v) is 6.81. The van der Waals surface area contributed by atoms with Crippen LogP contribution >= 0.6 is 22.9 Å². The Labute approximate surface area is 130 Å². The Morgan fingerprint density at radius 1 is 0.842 bits per heavy atom. The molecule has 0 N–H and O–H groups in total. The molecule has 0 spiro atoms. The van der Waals surface area contributed by atoms with Crippen molar-refractivity contribution in [3.8, 4) is 0 Å². The minimum Gasteiger partial charge on any atom is -0.311 e. The van der Waals surface area contributed by atoms with Crippen LogP contribution in [0, 0.1) is 5.92 Å². The van der Waals surface area contributed by atoms with E-state index in [0.717, 1.165) is 12.0 Å². The largest absolute Gasteiger partial charge is 0.311 e. The maximum Gasteiger partial charge on any atom is 0.0594 e. The molecule has 2 atom stereocenters. The second-order valence-electron chi connectivity index (χ2n) is 5.77. The molecule has 0 aromatic carbocycles. The Morgan fingerprint density at radius 2 is 1.53 bits per heavy atom. The standard InChI is InChI=1S/C17H22IN/c18-19-16-12-8-3-1-2-6-10-14(16)15-11-7-4-5-9-13-17(15)19/h4-5,7,9,11,13-14,16H,1-3,6,8,10,12H2/b5-4?,7-4-,9-5-,11-7?,13-9?,15-11?,17-13?. The first-order valence-electron chi connectivity index (χ1n) is 7.58. The van der Waals surface area contributed by atoms with E-state index in [-0.39, 0.29) is 0 Å². The van der Waals surface area contributed by atoms with Gasteiger partial charge in [0.1, 0.15) is 0 Å². The van der Waals surface area contributed by atoms with Gasteiger partial charge >= 0.3 is 0 Å². The first-order valence-corrected chi connectivity index (χ1v) is 8.55. The molecule has 0 radical (unpaired) electrons. The summed E-state index contributed by atoms with van der Waals surface area (Å²) in [4.78, 5) is 0. The highest BCUT2D eigenvalue weighted by Crippen LogP contribution is 2.45. The molecule has 3 aliphatic rings. The van der Waals surface area contributed by atoms with Gasteiger partial charge in [-0.25, -0.2) is 0 Å². The van der Waals surface area contributed by atoms with Crippen molar-refractivity contribution in [2.75, 3.05) is 0 Å². The Hall–Kier alpha value is -0.510. The van der Waals surface area contributed by atoms with E-state index in [1.165, 1.54) is 50.6 Å². The van der Waals surface area contributed by atoms with Crippen LogP contribution in [0.2, 0.25) is 0 Å². The lowest BCUT2D eigenvalue weighted by atomic mass is 9.88. The second kappa shape index (κ2) is 6.29. The fraction of sp³-hybridized carbons (Fsp3) is 0.529. The van der Waals surface area contributed by atoms with Crippen molar-refractivity contribution < 1.29 is 0 Å². The maximum atomic E-state index is 2.54. The summed E-state index contributed by atoms with van der Waals surface area (Å²) in [5.41, 5.74) is 3.01. The molecule has 0 aromatic heterocycles. The van der Waals surface area contributed by atoms with Crippen LogP contribution in [-0.2, 0) is 0 Å². The molecular formula is C17H22IN. The predicted molar refractivity (Wildman–Crippen MR) is 89.9 cm³/mol. The van der Waals surface area contributed by atoms with Crippen LogP contribution < -0.4 is 0 Å². The molecule has 2 unspecified atom stereocenters. The maximum absolute atomic E-state index is 2.54. The summed E-state index contributed by atoms with van der Waals surface area (Å²) >= 11 is 2.54. The molecule has 0 bridgehead atoms. The van der Waals surface area contributed by atoms with Gasteiger partial charge in [-0.15, -0.1) is 0 Å². The van der Waals surface area contributed by atoms with Gasteiger partial charge in [-0.3, -0.25) is 0 Å². The highest BCUT2D eigenvalue weighted by molar-refractivity contribution is 14.1. The lowest BCUT2D eigenvalue weighted by Crippen LogP contribution is -2.24. The molecule has 2 aliphatic carbocycles. The zero-order valence-electron chi connectivity index (χ0n) is 11.4. The van der Waals surface area contributed by atoms with Gasteiger partial charge < -0.3 is 3.11 Å². The quantitative estimate of drug-likeness (QED) is 0.414. The third-order valence-corrected chi connectivity index (χ3v) is 5.79. The topological polar surface area (TPSA) is 3.24 Å². The summed E-state index contributed by atoms with van der Waals surface area (Å²) in [5, 5.41) is 0. The van der Waals surface area contributed by atoms with E-state index in [2.05, 4.69) is 62.4 Å². The van der Waals surface area contributed by atoms with Gasteiger partial charge in [0.05, 0.1) is 22.9 Å². The van der Waals surface area contributed by atoms with Crippen LogP contribution in [0.25, 0.3) is 0 Å². The van der Waals surface area contributed by atoms with Crippen LogP contribution in [0.1, 0.15) is 44.9 Å². The molecule has 0 amide bonds. The molecule has 19 heavy (non-hydrogen) atoms. The monoisotopic (exact) mass is 367 g/mol. The van der Waals surface area contributed by atoms with Gasteiger partial charge in [-0.1, -0.05) is 62.5 Å². The third-order valence-electron chi connectivity index (χ3n) is 4.56. The molecule has 1 nitrogen and oxygen atoms in total. The Bertz CT molecular complexity index is 444. The molecule has 3 rings (SSSR count). The van der Waals surface area contributed by atoms with Crippen molar-refractivity contribution in [1.29, 1.82) is 0 Å². The van der Waals surface area contributed by atoms with Crippen molar-refractivity contribution in [3.05, 3.63) is 47.7 Å². The number of hydrogen-bond acceptors (Lipinski definition) is 1. The smallest absolute Gasteiger partial charge is 0.0594 e. The van der Waals surface area contributed by atoms with Crippen molar-refractivity contribution >= 4 is 22.9 Å². The SMILES string of the molecule is IN1C2=C/C=C\C=C/C=C2C2CCCCCCCC21. The third kappa shape index (κ3) is 2.83. The summed E-state index contributed by atoms with van der Waals surface area (Å²) in [5.74, 6) is 0.748. The number of fused-ring (bicyclic) bond motifs is 3. The Kier molecular flexibility index (Phi) is 4.46. The van der Waals surface area contributed by atoms with Gasteiger partial charge in [0.15, 0.2) is 0 Å². The zero-order valence-corrected chi connectivity index (χ0v) is 13.6. The molecule has 2 fully saturated rings. The van der Waals surface area contributed by atoms with Crippen molar-refractivity contribution in [1.82, 2.24) is 3.11 Å². The lowest BCUT2D eigenvalue weighted by Gasteiger charge is -2.23. The van der Waals surface area contributed by atoms with E-state index in [0.29, 0.717) is 0 Å². The Morgan fingerprint density at radius 3 is 2.37 bits per heavy atom. The summed E-state index contributed by atoms with van der Waals surface area (Å²) < 4.78 is 2.52. The molecular weight excluding hydrogens is 345 g/mol. The normalized spacial score (nSPS) is 34.5. The number of hydrogen-bond donors (Lipinski definition) is 0. The fourth-order valence-electron chi connectivity index (χ4n) is 3.58. The molecule has 1 aliphatic heterocycles. The van der Waals surface area contributed by atoms with E-state index in [9.17, 15) is 0 Å². The van der Waals surface area contributed by atoms with Crippen LogP contribution in [-0.4, -0.2) is 9.16 Å². The van der Waals surface area contributed by atoms with Gasteiger partial charge in [0, 0.05) is 17.7 Å². The van der Waals surface area contributed by atoms with Gasteiger partial charge in [-0.05, 0) is 24.5 Å². The molecule has 2 heteroatoms. The number of allylic oxidation sites excluding steroid dienone is 7. The van der Waals surface area contributed by atoms with Gasteiger partial charge in [0.2, 0.25) is 0 Å². The average Bonchev–Trinajstić information content (AvgIpc) is 2.67. The van der Waals surface area contributed by atoms with Crippen LogP contribution in [0.5, 0.6) is 0 Å². The van der Waals surface area contributed by atoms with E-state index in [4.69, 9.17) is 0 Å². The van der Waals surface area contributed by atoms with E-state index in [1.807, 2.05) is 0 Å². The molecule has 102 valence electrons. The molecule has 1 saturated carbocycles. The Balaban J connectivity index is 1.93. The van der Waals surface area contributed by atoms with E-state index < -0.39 is 0 Å². The lowest BCUT2D eigenvalue weighted by molar-refractivity contribution is 0.363. The molecule has 0 aromatic rings. The van der Waals surface area contributed by atoms with Crippen LogP contribution in [0.4, 0.5) is 0 Å². The number of nitrogens with zero attached hydrogens (tertiary/aromatic N) is 1. The van der Waals surface area contributed by atoms with Crippen molar-refractivity contribution in [2.24, 2.45) is 5.92 Å². The minimum atomic E-state index is 0.719. The summed E-state index contributed by atoms with van der Waals surface area (Å²) in [6.07, 6.45) is 23.1. The van der Waals surface area contributed by atoms with Crippen molar-refractivity contribution in [3.63, 3.8) is 0 Å². The van der Waals surface area contributed by atoms with E-state index in [1.54, 1.807) is 5.57 Å². The predicted octanol–water partition coefficient (Wildman–Crippen LogP) is 5.32. The van der Waals surface area contributed by atoms with Gasteiger partial charge in [0.25, 0.3) is 0 Å².